The highest BCUT2D eigenvalue weighted by Gasteiger charge is 2.31. The van der Waals surface area contributed by atoms with Crippen molar-refractivity contribution in [3.8, 4) is 11.5 Å². The van der Waals surface area contributed by atoms with Gasteiger partial charge in [0.1, 0.15) is 0 Å². The molecular weight excluding hydrogens is 312 g/mol. The molecule has 5 nitrogen and oxygen atoms in total. The average Bonchev–Trinajstić information content (AvgIpc) is 3.13. The Morgan fingerprint density at radius 1 is 1.47 bits per heavy atom. The maximum absolute atomic E-state index is 12.2. The van der Waals surface area contributed by atoms with Gasteiger partial charge in [0.2, 0.25) is 6.79 Å². The fourth-order valence-electron chi connectivity index (χ4n) is 2.22. The van der Waals surface area contributed by atoms with Crippen molar-refractivity contribution >= 4 is 21.8 Å². The summed E-state index contributed by atoms with van der Waals surface area (Å²) in [7, 11) is 0. The van der Waals surface area contributed by atoms with Crippen LogP contribution in [0, 0.1) is 5.92 Å². The summed E-state index contributed by atoms with van der Waals surface area (Å²) >= 11 is 3.38. The van der Waals surface area contributed by atoms with Crippen molar-refractivity contribution in [3.63, 3.8) is 0 Å². The van der Waals surface area contributed by atoms with E-state index in [9.17, 15) is 4.79 Å². The Labute approximate surface area is 119 Å². The van der Waals surface area contributed by atoms with Crippen LogP contribution in [0.5, 0.6) is 11.5 Å². The molecular formula is C13H15BrN2O3. The molecule has 1 aliphatic heterocycles. The number of amides is 1. The summed E-state index contributed by atoms with van der Waals surface area (Å²) < 4.78 is 11.3. The van der Waals surface area contributed by atoms with Gasteiger partial charge in [-0.1, -0.05) is 0 Å². The smallest absolute Gasteiger partial charge is 0.251 e. The number of hydrogen-bond donors (Lipinski definition) is 2. The van der Waals surface area contributed by atoms with Gasteiger partial charge in [-0.2, -0.15) is 0 Å². The summed E-state index contributed by atoms with van der Waals surface area (Å²) in [4.78, 5) is 12.2. The highest BCUT2D eigenvalue weighted by molar-refractivity contribution is 9.10. The maximum Gasteiger partial charge on any atom is 0.251 e. The normalized spacial score (nSPS) is 18.2. The molecule has 3 rings (SSSR count). The van der Waals surface area contributed by atoms with Crippen molar-refractivity contribution in [1.82, 2.24) is 5.32 Å². The molecule has 1 fully saturated rings. The molecule has 1 atom stereocenters. The molecule has 1 saturated carbocycles. The minimum atomic E-state index is -0.124. The molecule has 1 aromatic carbocycles. The topological polar surface area (TPSA) is 73.6 Å². The minimum absolute atomic E-state index is 0.0664. The number of rotatable bonds is 4. The van der Waals surface area contributed by atoms with Gasteiger partial charge in [0.05, 0.1) is 4.47 Å². The number of fused-ring (bicyclic) bond motifs is 1. The first kappa shape index (κ1) is 12.7. The number of nitrogens with one attached hydrogen (secondary N) is 1. The van der Waals surface area contributed by atoms with Gasteiger partial charge >= 0.3 is 0 Å². The van der Waals surface area contributed by atoms with Crippen LogP contribution in [0.15, 0.2) is 16.6 Å². The summed E-state index contributed by atoms with van der Waals surface area (Å²) in [6, 6.07) is 3.50. The van der Waals surface area contributed by atoms with Crippen LogP contribution in [-0.2, 0) is 0 Å². The molecule has 1 unspecified atom stereocenters. The van der Waals surface area contributed by atoms with E-state index in [4.69, 9.17) is 15.2 Å². The third-order valence-corrected chi connectivity index (χ3v) is 4.04. The molecule has 19 heavy (non-hydrogen) atoms. The monoisotopic (exact) mass is 326 g/mol. The van der Waals surface area contributed by atoms with Gasteiger partial charge in [-0.15, -0.1) is 0 Å². The van der Waals surface area contributed by atoms with E-state index in [-0.39, 0.29) is 18.7 Å². The Balaban J connectivity index is 1.78. The number of benzene rings is 1. The zero-order valence-electron chi connectivity index (χ0n) is 10.3. The summed E-state index contributed by atoms with van der Waals surface area (Å²) in [6.07, 6.45) is 2.29. The molecule has 102 valence electrons. The summed E-state index contributed by atoms with van der Waals surface area (Å²) in [5.74, 6) is 1.65. The number of nitrogens with two attached hydrogens (primary N) is 1. The predicted octanol–water partition coefficient (Wildman–Crippen LogP) is 1.64. The van der Waals surface area contributed by atoms with Crippen LogP contribution in [0.2, 0.25) is 0 Å². The van der Waals surface area contributed by atoms with Crippen molar-refractivity contribution in [2.24, 2.45) is 11.7 Å². The van der Waals surface area contributed by atoms with E-state index in [0.717, 1.165) is 17.3 Å². The Morgan fingerprint density at radius 2 is 2.26 bits per heavy atom. The lowest BCUT2D eigenvalue weighted by molar-refractivity contribution is 0.0933. The second kappa shape index (κ2) is 5.02. The highest BCUT2D eigenvalue weighted by atomic mass is 79.9. The third-order valence-electron chi connectivity index (χ3n) is 3.45. The number of hydrogen-bond acceptors (Lipinski definition) is 4. The maximum atomic E-state index is 12.2. The van der Waals surface area contributed by atoms with Gasteiger partial charge in [0, 0.05) is 18.2 Å². The Bertz CT molecular complexity index is 517. The van der Waals surface area contributed by atoms with Crippen molar-refractivity contribution in [2.45, 2.75) is 18.9 Å². The molecule has 2 aliphatic rings. The first-order valence-corrected chi connectivity index (χ1v) is 7.08. The molecule has 1 amide bonds. The van der Waals surface area contributed by atoms with Crippen LogP contribution in [0.3, 0.4) is 0 Å². The van der Waals surface area contributed by atoms with E-state index < -0.39 is 0 Å². The van der Waals surface area contributed by atoms with Crippen molar-refractivity contribution in [1.29, 1.82) is 0 Å². The summed E-state index contributed by atoms with van der Waals surface area (Å²) in [6.45, 7) is 0.661. The lowest BCUT2D eigenvalue weighted by Crippen LogP contribution is -2.41. The fraction of sp³-hybridized carbons (Fsp3) is 0.462. The Morgan fingerprint density at radius 3 is 2.95 bits per heavy atom. The van der Waals surface area contributed by atoms with Gasteiger partial charge in [0.25, 0.3) is 5.91 Å². The minimum Gasteiger partial charge on any atom is -0.454 e. The van der Waals surface area contributed by atoms with E-state index in [1.165, 1.54) is 0 Å². The molecule has 0 radical (unpaired) electrons. The molecule has 0 spiro atoms. The molecule has 6 heteroatoms. The van der Waals surface area contributed by atoms with Gasteiger partial charge in [-0.05, 0) is 46.8 Å². The van der Waals surface area contributed by atoms with Gasteiger partial charge in [0.15, 0.2) is 11.5 Å². The summed E-state index contributed by atoms with van der Waals surface area (Å²) in [5, 5.41) is 2.98. The molecule has 0 saturated heterocycles. The van der Waals surface area contributed by atoms with Crippen LogP contribution in [0.4, 0.5) is 0 Å². The second-order valence-corrected chi connectivity index (χ2v) is 5.70. The zero-order valence-corrected chi connectivity index (χ0v) is 11.9. The first-order chi connectivity index (χ1) is 9.19. The molecule has 3 N–H and O–H groups in total. The van der Waals surface area contributed by atoms with Gasteiger partial charge in [-0.3, -0.25) is 4.79 Å². The molecule has 1 aliphatic carbocycles. The van der Waals surface area contributed by atoms with E-state index in [0.29, 0.717) is 29.5 Å². The molecule has 0 bridgehead atoms. The standard InChI is InChI=1S/C13H15BrN2O3/c14-9-3-8(4-11-12(9)19-6-18-11)13(17)16-10(5-15)7-1-2-7/h3-4,7,10H,1-2,5-6,15H2,(H,16,17). The van der Waals surface area contributed by atoms with Crippen LogP contribution >= 0.6 is 15.9 Å². The number of halogens is 1. The first-order valence-electron chi connectivity index (χ1n) is 6.29. The number of carbonyl (C=O) groups is 1. The highest BCUT2D eigenvalue weighted by Crippen LogP contribution is 2.40. The summed E-state index contributed by atoms with van der Waals surface area (Å²) in [5.41, 5.74) is 6.24. The quantitative estimate of drug-likeness (QED) is 0.882. The zero-order chi connectivity index (χ0) is 13.4. The van der Waals surface area contributed by atoms with E-state index in [1.54, 1.807) is 12.1 Å². The SMILES string of the molecule is NCC(NC(=O)c1cc(Br)c2c(c1)OCO2)C1CC1. The molecule has 1 aromatic rings. The average molecular weight is 327 g/mol. The predicted molar refractivity (Wildman–Crippen MR) is 73.3 cm³/mol. The van der Waals surface area contributed by atoms with Crippen LogP contribution in [0.1, 0.15) is 23.2 Å². The largest absolute Gasteiger partial charge is 0.454 e. The van der Waals surface area contributed by atoms with Crippen molar-refractivity contribution < 1.29 is 14.3 Å². The third kappa shape index (κ3) is 2.55. The number of carbonyl (C=O) groups excluding carboxylic acids is 1. The molecule has 0 aromatic heterocycles. The van der Waals surface area contributed by atoms with E-state index in [2.05, 4.69) is 21.2 Å². The lowest BCUT2D eigenvalue weighted by Gasteiger charge is -2.16. The van der Waals surface area contributed by atoms with Crippen molar-refractivity contribution in [2.75, 3.05) is 13.3 Å². The molecule has 1 heterocycles. The number of ether oxygens (including phenoxy) is 2. The van der Waals surface area contributed by atoms with Crippen molar-refractivity contribution in [3.05, 3.63) is 22.2 Å². The second-order valence-electron chi connectivity index (χ2n) is 4.84. The lowest BCUT2D eigenvalue weighted by atomic mass is 10.1. The van der Waals surface area contributed by atoms with Crippen LogP contribution in [0.25, 0.3) is 0 Å². The van der Waals surface area contributed by atoms with Gasteiger partial charge < -0.3 is 20.5 Å². The fourth-order valence-corrected chi connectivity index (χ4v) is 2.77. The van der Waals surface area contributed by atoms with E-state index >= 15 is 0 Å². The van der Waals surface area contributed by atoms with Gasteiger partial charge in [-0.25, -0.2) is 0 Å². The Hall–Kier alpha value is -1.27. The van der Waals surface area contributed by atoms with Crippen LogP contribution in [-0.4, -0.2) is 25.3 Å². The Kier molecular flexibility index (Phi) is 3.36. The van der Waals surface area contributed by atoms with E-state index in [1.807, 2.05) is 0 Å². The van der Waals surface area contributed by atoms with Crippen LogP contribution < -0.4 is 20.5 Å².